The lowest BCUT2D eigenvalue weighted by molar-refractivity contribution is -0.137. The molecule has 0 spiro atoms. The number of para-hydroxylation sites is 1. The monoisotopic (exact) mass is 447 g/mol. The van der Waals surface area contributed by atoms with Gasteiger partial charge in [0.25, 0.3) is 11.8 Å². The van der Waals surface area contributed by atoms with Gasteiger partial charge in [-0.2, -0.15) is 13.2 Å². The lowest BCUT2D eigenvalue weighted by Gasteiger charge is -2.25. The van der Waals surface area contributed by atoms with E-state index in [0.29, 0.717) is 16.9 Å². The summed E-state index contributed by atoms with van der Waals surface area (Å²) in [5.74, 6) is -0.645. The Kier molecular flexibility index (Phi) is 4.92. The number of carbonyl (C=O) groups is 2. The fourth-order valence-electron chi connectivity index (χ4n) is 3.49. The van der Waals surface area contributed by atoms with Crippen LogP contribution in [0.25, 0.3) is 11.0 Å². The fraction of sp³-hybridized carbons (Fsp3) is 0.200. The number of benzene rings is 2. The fourth-order valence-corrected chi connectivity index (χ4v) is 3.92. The van der Waals surface area contributed by atoms with Crippen LogP contribution in [0.4, 0.5) is 18.9 Å². The van der Waals surface area contributed by atoms with Crippen LogP contribution < -0.4 is 10.6 Å². The molecular formula is C20H16F3N5O2S. The summed E-state index contributed by atoms with van der Waals surface area (Å²) in [5.41, 5.74) is 5.79. The first kappa shape index (κ1) is 20.8. The molecule has 1 aliphatic rings. The molecule has 3 aromatic rings. The minimum Gasteiger partial charge on any atom is -0.366 e. The van der Waals surface area contributed by atoms with Crippen molar-refractivity contribution in [1.29, 1.82) is 0 Å². The second kappa shape index (κ2) is 7.34. The van der Waals surface area contributed by atoms with Crippen molar-refractivity contribution in [1.82, 2.24) is 14.9 Å². The third-order valence-corrected chi connectivity index (χ3v) is 5.50. The third-order valence-electron chi connectivity index (χ3n) is 5.08. The standard InChI is InChI=1S/C20H16F3N5O2S/c1-10(18-25-14-7-3-6-13(17(24)30)16(14)26-18)27-9-15(29)28(19(27)31)12-5-2-4-11(8-12)20(21,22)23/h2-8,10H,9H2,1H3,(H2,24,30)(H,25,26). The van der Waals surface area contributed by atoms with Gasteiger partial charge in [-0.05, 0) is 49.5 Å². The molecule has 1 aromatic heterocycles. The average molecular weight is 447 g/mol. The van der Waals surface area contributed by atoms with Gasteiger partial charge >= 0.3 is 6.18 Å². The summed E-state index contributed by atoms with van der Waals surface area (Å²) in [6.07, 6.45) is -4.54. The first-order valence-corrected chi connectivity index (χ1v) is 9.58. The van der Waals surface area contributed by atoms with Crippen molar-refractivity contribution in [3.63, 3.8) is 0 Å². The minimum atomic E-state index is -4.54. The number of thiocarbonyl (C=S) groups is 1. The molecule has 3 N–H and O–H groups in total. The van der Waals surface area contributed by atoms with Crippen molar-refractivity contribution in [2.24, 2.45) is 5.73 Å². The van der Waals surface area contributed by atoms with E-state index >= 15 is 0 Å². The van der Waals surface area contributed by atoms with Crippen molar-refractivity contribution in [3.05, 3.63) is 59.4 Å². The molecule has 0 radical (unpaired) electrons. The van der Waals surface area contributed by atoms with E-state index in [2.05, 4.69) is 9.97 Å². The maximum atomic E-state index is 13.1. The third kappa shape index (κ3) is 3.61. The lowest BCUT2D eigenvalue weighted by Crippen LogP contribution is -2.34. The predicted molar refractivity (Wildman–Crippen MR) is 111 cm³/mol. The Morgan fingerprint density at radius 3 is 2.65 bits per heavy atom. The second-order valence-electron chi connectivity index (χ2n) is 7.05. The molecule has 7 nitrogen and oxygen atoms in total. The Bertz CT molecular complexity index is 1220. The molecule has 4 rings (SSSR count). The number of halogens is 3. The number of primary amides is 1. The van der Waals surface area contributed by atoms with Gasteiger partial charge in [0.15, 0.2) is 5.11 Å². The summed E-state index contributed by atoms with van der Waals surface area (Å²) < 4.78 is 39.2. The van der Waals surface area contributed by atoms with Gasteiger partial charge in [0, 0.05) is 0 Å². The number of hydrogen-bond acceptors (Lipinski definition) is 4. The van der Waals surface area contributed by atoms with Crippen molar-refractivity contribution in [2.45, 2.75) is 19.1 Å². The molecule has 1 fully saturated rings. The van der Waals surface area contributed by atoms with E-state index < -0.39 is 29.6 Å². The van der Waals surface area contributed by atoms with Gasteiger partial charge in [-0.15, -0.1) is 0 Å². The number of rotatable bonds is 4. The molecule has 2 heterocycles. The summed E-state index contributed by atoms with van der Waals surface area (Å²) in [6, 6.07) is 8.87. The normalized spacial score (nSPS) is 15.7. The summed E-state index contributed by atoms with van der Waals surface area (Å²) >= 11 is 5.42. The van der Waals surface area contributed by atoms with Crippen LogP contribution >= 0.6 is 12.2 Å². The van der Waals surface area contributed by atoms with Gasteiger partial charge in [-0.1, -0.05) is 12.1 Å². The van der Waals surface area contributed by atoms with Crippen LogP contribution in [-0.2, 0) is 11.0 Å². The van der Waals surface area contributed by atoms with Gasteiger partial charge in [0.05, 0.1) is 28.4 Å². The largest absolute Gasteiger partial charge is 0.416 e. The number of nitrogens with zero attached hydrogens (tertiary/aromatic N) is 3. The molecule has 1 saturated heterocycles. The number of nitrogens with two attached hydrogens (primary N) is 1. The summed E-state index contributed by atoms with van der Waals surface area (Å²) in [7, 11) is 0. The lowest BCUT2D eigenvalue weighted by atomic mass is 10.2. The molecule has 1 unspecified atom stereocenters. The Hall–Kier alpha value is -3.47. The van der Waals surface area contributed by atoms with E-state index in [1.165, 1.54) is 12.1 Å². The molecule has 31 heavy (non-hydrogen) atoms. The highest BCUT2D eigenvalue weighted by Gasteiger charge is 2.39. The van der Waals surface area contributed by atoms with E-state index in [4.69, 9.17) is 18.0 Å². The van der Waals surface area contributed by atoms with Crippen molar-refractivity contribution < 1.29 is 22.8 Å². The second-order valence-corrected chi connectivity index (χ2v) is 7.42. The number of anilines is 1. The van der Waals surface area contributed by atoms with Crippen LogP contribution in [0, 0.1) is 0 Å². The topological polar surface area (TPSA) is 95.3 Å². The summed E-state index contributed by atoms with van der Waals surface area (Å²) in [4.78, 5) is 34.5. The number of imidazole rings is 1. The van der Waals surface area contributed by atoms with Crippen LogP contribution in [0.3, 0.4) is 0 Å². The molecule has 2 amide bonds. The Balaban J connectivity index is 1.66. The summed E-state index contributed by atoms with van der Waals surface area (Å²) in [6.45, 7) is 1.62. The smallest absolute Gasteiger partial charge is 0.366 e. The van der Waals surface area contributed by atoms with E-state index in [1.54, 1.807) is 30.0 Å². The summed E-state index contributed by atoms with van der Waals surface area (Å²) in [5, 5.41) is 0.0624. The molecule has 2 aromatic carbocycles. The van der Waals surface area contributed by atoms with Crippen molar-refractivity contribution in [3.8, 4) is 0 Å². The van der Waals surface area contributed by atoms with Crippen molar-refractivity contribution >= 4 is 45.9 Å². The van der Waals surface area contributed by atoms with Crippen LogP contribution in [0.2, 0.25) is 0 Å². The molecule has 0 aliphatic carbocycles. The molecule has 1 aliphatic heterocycles. The molecule has 160 valence electrons. The van der Waals surface area contributed by atoms with Gasteiger partial charge in [0.2, 0.25) is 0 Å². The number of carbonyl (C=O) groups excluding carboxylic acids is 2. The number of H-pyrrole nitrogens is 1. The number of nitrogens with one attached hydrogen (secondary N) is 1. The van der Waals surface area contributed by atoms with E-state index in [9.17, 15) is 22.8 Å². The van der Waals surface area contributed by atoms with Crippen LogP contribution in [-0.4, -0.2) is 38.3 Å². The van der Waals surface area contributed by atoms with Crippen molar-refractivity contribution in [2.75, 3.05) is 11.4 Å². The predicted octanol–water partition coefficient (Wildman–Crippen LogP) is 3.38. The number of amides is 2. The first-order valence-electron chi connectivity index (χ1n) is 9.17. The number of hydrogen-bond donors (Lipinski definition) is 2. The van der Waals surface area contributed by atoms with Crippen LogP contribution in [0.5, 0.6) is 0 Å². The minimum absolute atomic E-state index is 0.0418. The van der Waals surface area contributed by atoms with Crippen LogP contribution in [0.15, 0.2) is 42.5 Å². The Morgan fingerprint density at radius 1 is 1.26 bits per heavy atom. The quantitative estimate of drug-likeness (QED) is 0.598. The number of aromatic nitrogens is 2. The maximum Gasteiger partial charge on any atom is 0.416 e. The van der Waals surface area contributed by atoms with E-state index in [-0.39, 0.29) is 22.9 Å². The zero-order valence-electron chi connectivity index (χ0n) is 16.1. The molecule has 11 heteroatoms. The molecule has 1 atom stereocenters. The number of fused-ring (bicyclic) bond motifs is 1. The van der Waals surface area contributed by atoms with Gasteiger partial charge in [-0.3, -0.25) is 14.5 Å². The zero-order chi connectivity index (χ0) is 22.5. The molecule has 0 bridgehead atoms. The Morgan fingerprint density at radius 2 is 1.97 bits per heavy atom. The Labute approximate surface area is 179 Å². The highest BCUT2D eigenvalue weighted by atomic mass is 32.1. The van der Waals surface area contributed by atoms with Gasteiger partial charge in [0.1, 0.15) is 17.9 Å². The SMILES string of the molecule is CC(c1nc2c(C(N)=O)cccc2[nH]1)N1CC(=O)N(c2cccc(C(F)(F)F)c2)C1=S. The number of alkyl halides is 3. The number of aromatic amines is 1. The highest BCUT2D eigenvalue weighted by molar-refractivity contribution is 7.80. The zero-order valence-corrected chi connectivity index (χ0v) is 16.9. The van der Waals surface area contributed by atoms with Crippen LogP contribution in [0.1, 0.15) is 34.7 Å². The molecular weight excluding hydrogens is 431 g/mol. The maximum absolute atomic E-state index is 13.1. The average Bonchev–Trinajstić information content (AvgIpc) is 3.27. The van der Waals surface area contributed by atoms with E-state index in [1.807, 2.05) is 0 Å². The first-order chi connectivity index (χ1) is 14.6. The van der Waals surface area contributed by atoms with E-state index in [0.717, 1.165) is 17.0 Å². The van der Waals surface area contributed by atoms with Gasteiger partial charge in [-0.25, -0.2) is 4.98 Å². The highest BCUT2D eigenvalue weighted by Crippen LogP contribution is 2.34. The van der Waals surface area contributed by atoms with Gasteiger partial charge < -0.3 is 15.6 Å². The molecule has 0 saturated carbocycles.